The van der Waals surface area contributed by atoms with Gasteiger partial charge in [0.1, 0.15) is 11.8 Å². The molecule has 3 rings (SSSR count). The summed E-state index contributed by atoms with van der Waals surface area (Å²) in [5, 5.41) is 0. The fourth-order valence-electron chi connectivity index (χ4n) is 4.64. The van der Waals surface area contributed by atoms with E-state index in [0.29, 0.717) is 24.5 Å². The number of benzene rings is 1. The minimum atomic E-state index is -0.329. The van der Waals surface area contributed by atoms with Crippen LogP contribution in [0.15, 0.2) is 24.3 Å². The highest BCUT2D eigenvalue weighted by Gasteiger charge is 2.38. The molecule has 5 nitrogen and oxygen atoms in total. The molecule has 1 aromatic carbocycles. The van der Waals surface area contributed by atoms with Crippen molar-refractivity contribution in [3.63, 3.8) is 0 Å². The molecule has 0 saturated carbocycles. The third kappa shape index (κ3) is 4.68. The van der Waals surface area contributed by atoms with Gasteiger partial charge in [0.2, 0.25) is 5.91 Å². The minimum Gasteiger partial charge on any atom is -0.493 e. The molecule has 0 bridgehead atoms. The van der Waals surface area contributed by atoms with Gasteiger partial charge in [-0.1, -0.05) is 31.9 Å². The van der Waals surface area contributed by atoms with Crippen molar-refractivity contribution in [2.24, 2.45) is 5.92 Å². The Labute approximate surface area is 169 Å². The second-order valence-electron chi connectivity index (χ2n) is 8.00. The molecule has 0 aliphatic carbocycles. The molecule has 2 saturated heterocycles. The fourth-order valence-corrected chi connectivity index (χ4v) is 4.64. The minimum absolute atomic E-state index is 0.0846. The Hall–Kier alpha value is -2.04. The third-order valence-electron chi connectivity index (χ3n) is 6.07. The maximum Gasteiger partial charge on any atom is 0.258 e. The van der Waals surface area contributed by atoms with Crippen LogP contribution < -0.4 is 4.74 Å². The van der Waals surface area contributed by atoms with Gasteiger partial charge in [0.25, 0.3) is 5.91 Å². The largest absolute Gasteiger partial charge is 0.493 e. The number of likely N-dealkylation sites (tertiary alicyclic amines) is 2. The molecule has 2 heterocycles. The molecule has 2 aliphatic heterocycles. The van der Waals surface area contributed by atoms with Crippen LogP contribution in [0.4, 0.5) is 0 Å². The van der Waals surface area contributed by atoms with Crippen LogP contribution in [0.2, 0.25) is 0 Å². The zero-order valence-corrected chi connectivity index (χ0v) is 17.4. The lowest BCUT2D eigenvalue weighted by molar-refractivity contribution is -0.135. The summed E-state index contributed by atoms with van der Waals surface area (Å²) >= 11 is 0. The van der Waals surface area contributed by atoms with Crippen molar-refractivity contribution in [3.8, 4) is 5.75 Å². The molecule has 2 unspecified atom stereocenters. The molecule has 2 amide bonds. The Morgan fingerprint density at radius 3 is 2.61 bits per heavy atom. The van der Waals surface area contributed by atoms with E-state index in [-0.39, 0.29) is 17.9 Å². The molecule has 154 valence electrons. The monoisotopic (exact) mass is 386 g/mol. The van der Waals surface area contributed by atoms with Gasteiger partial charge in [0, 0.05) is 19.6 Å². The highest BCUT2D eigenvalue weighted by Crippen LogP contribution is 2.28. The number of rotatable bonds is 6. The third-order valence-corrected chi connectivity index (χ3v) is 6.07. The summed E-state index contributed by atoms with van der Waals surface area (Å²) in [6.07, 6.45) is 7.49. The summed E-state index contributed by atoms with van der Waals surface area (Å²) in [5.74, 6) is 1.39. The predicted molar refractivity (Wildman–Crippen MR) is 110 cm³/mol. The van der Waals surface area contributed by atoms with Gasteiger partial charge < -0.3 is 14.5 Å². The number of amides is 2. The Bertz CT molecular complexity index is 676. The van der Waals surface area contributed by atoms with E-state index < -0.39 is 0 Å². The Kier molecular flexibility index (Phi) is 7.35. The van der Waals surface area contributed by atoms with Gasteiger partial charge in [0.05, 0.1) is 12.2 Å². The second-order valence-corrected chi connectivity index (χ2v) is 8.00. The van der Waals surface area contributed by atoms with Gasteiger partial charge in [0.15, 0.2) is 0 Å². The van der Waals surface area contributed by atoms with Gasteiger partial charge >= 0.3 is 0 Å². The van der Waals surface area contributed by atoms with Crippen LogP contribution in [0.1, 0.15) is 69.2 Å². The highest BCUT2D eigenvalue weighted by atomic mass is 16.5. The van der Waals surface area contributed by atoms with Crippen molar-refractivity contribution < 1.29 is 14.3 Å². The van der Waals surface area contributed by atoms with Crippen LogP contribution in [0, 0.1) is 5.92 Å². The van der Waals surface area contributed by atoms with E-state index >= 15 is 0 Å². The van der Waals surface area contributed by atoms with E-state index in [2.05, 4.69) is 6.92 Å². The summed E-state index contributed by atoms with van der Waals surface area (Å²) in [4.78, 5) is 30.3. The molecule has 0 aromatic heterocycles. The standard InChI is InChI=1S/C23H34N2O3/c1-3-9-18-10-7-15-24(17-14-18)23(27)20-12-8-16-25(20)22(26)19-11-5-6-13-21(19)28-4-2/h5-6,11,13,18,20H,3-4,7-10,12,14-17H2,1-2H3. The molecule has 1 aromatic rings. The average molecular weight is 387 g/mol. The number of hydrogen-bond acceptors (Lipinski definition) is 3. The van der Waals surface area contributed by atoms with Crippen LogP contribution in [0.25, 0.3) is 0 Å². The number of hydrogen-bond donors (Lipinski definition) is 0. The van der Waals surface area contributed by atoms with Crippen molar-refractivity contribution in [2.75, 3.05) is 26.2 Å². The van der Waals surface area contributed by atoms with Gasteiger partial charge in [-0.3, -0.25) is 9.59 Å². The maximum absolute atomic E-state index is 13.3. The van der Waals surface area contributed by atoms with Gasteiger partial charge in [-0.25, -0.2) is 0 Å². The SMILES string of the molecule is CCCC1CCCN(C(=O)C2CCCN2C(=O)c2ccccc2OCC)CC1. The van der Waals surface area contributed by atoms with E-state index in [9.17, 15) is 9.59 Å². The first kappa shape index (κ1) is 20.7. The van der Waals surface area contributed by atoms with Crippen LogP contribution in [0.5, 0.6) is 5.75 Å². The maximum atomic E-state index is 13.3. The normalized spacial score (nSPS) is 22.8. The van der Waals surface area contributed by atoms with Crippen LogP contribution in [-0.4, -0.2) is 53.9 Å². The molecular weight excluding hydrogens is 352 g/mol. The molecule has 5 heteroatoms. The summed E-state index contributed by atoms with van der Waals surface area (Å²) in [6, 6.07) is 7.02. The van der Waals surface area contributed by atoms with E-state index in [0.717, 1.165) is 44.7 Å². The van der Waals surface area contributed by atoms with E-state index in [1.54, 1.807) is 11.0 Å². The molecule has 2 atom stereocenters. The van der Waals surface area contributed by atoms with Gasteiger partial charge in [-0.15, -0.1) is 0 Å². The highest BCUT2D eigenvalue weighted by molar-refractivity contribution is 6.00. The fraction of sp³-hybridized carbons (Fsp3) is 0.652. The number of para-hydroxylation sites is 1. The zero-order chi connectivity index (χ0) is 19.9. The van der Waals surface area contributed by atoms with Gasteiger partial charge in [-0.05, 0) is 57.1 Å². The van der Waals surface area contributed by atoms with Crippen molar-refractivity contribution >= 4 is 11.8 Å². The Morgan fingerprint density at radius 1 is 1.04 bits per heavy atom. The number of carbonyl (C=O) groups excluding carboxylic acids is 2. The van der Waals surface area contributed by atoms with E-state index in [1.165, 1.54) is 19.3 Å². The molecule has 0 radical (unpaired) electrons. The summed E-state index contributed by atoms with van der Waals surface area (Å²) in [6.45, 7) is 6.95. The van der Waals surface area contributed by atoms with Crippen molar-refractivity contribution in [3.05, 3.63) is 29.8 Å². The van der Waals surface area contributed by atoms with Crippen molar-refractivity contribution in [1.82, 2.24) is 9.80 Å². The Balaban J connectivity index is 1.70. The smallest absolute Gasteiger partial charge is 0.258 e. The van der Waals surface area contributed by atoms with E-state index in [4.69, 9.17) is 4.74 Å². The summed E-state index contributed by atoms with van der Waals surface area (Å²) in [7, 11) is 0. The van der Waals surface area contributed by atoms with Crippen molar-refractivity contribution in [1.29, 1.82) is 0 Å². The lowest BCUT2D eigenvalue weighted by Crippen LogP contribution is -2.48. The lowest BCUT2D eigenvalue weighted by atomic mass is 9.96. The first-order chi connectivity index (χ1) is 13.7. The molecule has 2 aliphatic rings. The lowest BCUT2D eigenvalue weighted by Gasteiger charge is -2.30. The van der Waals surface area contributed by atoms with E-state index in [1.807, 2.05) is 30.0 Å². The van der Waals surface area contributed by atoms with Crippen molar-refractivity contribution in [2.45, 2.75) is 64.8 Å². The average Bonchev–Trinajstić information content (AvgIpc) is 3.08. The number of nitrogens with zero attached hydrogens (tertiary/aromatic N) is 2. The molecule has 28 heavy (non-hydrogen) atoms. The molecule has 0 spiro atoms. The molecular formula is C23H34N2O3. The van der Waals surface area contributed by atoms with Gasteiger partial charge in [-0.2, -0.15) is 0 Å². The van der Waals surface area contributed by atoms with Crippen LogP contribution >= 0.6 is 0 Å². The van der Waals surface area contributed by atoms with Crippen LogP contribution in [0.3, 0.4) is 0 Å². The second kappa shape index (κ2) is 9.94. The van der Waals surface area contributed by atoms with Crippen LogP contribution in [-0.2, 0) is 4.79 Å². The summed E-state index contributed by atoms with van der Waals surface area (Å²) < 4.78 is 5.64. The Morgan fingerprint density at radius 2 is 1.82 bits per heavy atom. The number of ether oxygens (including phenoxy) is 1. The number of carbonyl (C=O) groups is 2. The quantitative estimate of drug-likeness (QED) is 0.739. The first-order valence-electron chi connectivity index (χ1n) is 11.0. The zero-order valence-electron chi connectivity index (χ0n) is 17.4. The predicted octanol–water partition coefficient (Wildman–Crippen LogP) is 4.12. The topological polar surface area (TPSA) is 49.9 Å². The summed E-state index contributed by atoms with van der Waals surface area (Å²) in [5.41, 5.74) is 0.558. The first-order valence-corrected chi connectivity index (χ1v) is 11.0. The molecule has 0 N–H and O–H groups in total. The molecule has 2 fully saturated rings.